The van der Waals surface area contributed by atoms with Gasteiger partial charge in [-0.15, -0.1) is 0 Å². The predicted octanol–water partition coefficient (Wildman–Crippen LogP) is 5.23. The lowest BCUT2D eigenvalue weighted by atomic mass is 9.81. The number of nitrogens with zero attached hydrogens (tertiary/aromatic N) is 1. The number of rotatable bonds is 9. The van der Waals surface area contributed by atoms with E-state index in [0.717, 1.165) is 35.5 Å². The Hall–Kier alpha value is -2.62. The Labute approximate surface area is 174 Å². The predicted molar refractivity (Wildman–Crippen MR) is 119 cm³/mol. The summed E-state index contributed by atoms with van der Waals surface area (Å²) < 4.78 is 6.09. The topological polar surface area (TPSA) is 32.7 Å². The Morgan fingerprint density at radius 2 is 1.31 bits per heavy atom. The van der Waals surface area contributed by atoms with Gasteiger partial charge in [-0.1, -0.05) is 86.6 Å². The zero-order chi connectivity index (χ0) is 20.7. The van der Waals surface area contributed by atoms with Crippen molar-refractivity contribution in [3.05, 3.63) is 102 Å². The van der Waals surface area contributed by atoms with Gasteiger partial charge in [-0.05, 0) is 48.8 Å². The van der Waals surface area contributed by atoms with E-state index < -0.39 is 5.60 Å². The summed E-state index contributed by atoms with van der Waals surface area (Å²) in [5.41, 5.74) is 1.73. The van der Waals surface area contributed by atoms with Crippen molar-refractivity contribution < 1.29 is 9.84 Å². The average molecular weight is 390 g/mol. The molecule has 3 nitrogen and oxygen atoms in total. The number of hydrogen-bond acceptors (Lipinski definition) is 3. The van der Waals surface area contributed by atoms with Crippen LogP contribution in [0.15, 0.2) is 84.9 Å². The molecule has 152 valence electrons. The molecule has 3 heteroatoms. The molecule has 0 amide bonds. The Kier molecular flexibility index (Phi) is 7.08. The molecule has 0 aliphatic heterocycles. The van der Waals surface area contributed by atoms with Crippen molar-refractivity contribution in [1.29, 1.82) is 0 Å². The quantitative estimate of drug-likeness (QED) is 0.509. The van der Waals surface area contributed by atoms with E-state index in [1.807, 2.05) is 72.8 Å². The molecule has 0 spiro atoms. The van der Waals surface area contributed by atoms with E-state index in [4.69, 9.17) is 4.74 Å². The minimum Gasteiger partial charge on any atom is -0.475 e. The van der Waals surface area contributed by atoms with Gasteiger partial charge in [0.1, 0.15) is 17.6 Å². The van der Waals surface area contributed by atoms with Crippen LogP contribution in [0.3, 0.4) is 0 Å². The van der Waals surface area contributed by atoms with Crippen molar-refractivity contribution in [2.75, 3.05) is 13.1 Å². The van der Waals surface area contributed by atoms with Gasteiger partial charge in [0.2, 0.25) is 0 Å². The van der Waals surface area contributed by atoms with Crippen LogP contribution in [0, 0.1) is 0 Å². The second-order valence-electron chi connectivity index (χ2n) is 7.35. The Morgan fingerprint density at radius 3 is 1.86 bits per heavy atom. The zero-order valence-electron chi connectivity index (χ0n) is 17.6. The maximum absolute atomic E-state index is 11.8. The first kappa shape index (κ1) is 21.1. The minimum absolute atomic E-state index is 0.00757. The summed E-state index contributed by atoms with van der Waals surface area (Å²) in [5.74, 6) is 0.809. The monoisotopic (exact) mass is 389 g/mol. The van der Waals surface area contributed by atoms with E-state index in [9.17, 15) is 5.11 Å². The van der Waals surface area contributed by atoms with Crippen LogP contribution in [0.4, 0.5) is 0 Å². The number of benzene rings is 3. The highest BCUT2D eigenvalue weighted by Crippen LogP contribution is 2.34. The molecule has 3 rings (SSSR count). The minimum atomic E-state index is -1.11. The highest BCUT2D eigenvalue weighted by Gasteiger charge is 2.31. The molecule has 0 saturated heterocycles. The first-order valence-electron chi connectivity index (χ1n) is 10.4. The molecule has 1 N–H and O–H groups in total. The number of ether oxygens (including phenoxy) is 1. The summed E-state index contributed by atoms with van der Waals surface area (Å²) in [6.07, 6.45) is 0.515. The fourth-order valence-corrected chi connectivity index (χ4v) is 3.79. The molecular formula is C26H31NO2. The largest absolute Gasteiger partial charge is 0.475 e. The molecule has 3 aromatic carbocycles. The normalized spacial score (nSPS) is 14.4. The highest BCUT2D eigenvalue weighted by atomic mass is 16.5. The van der Waals surface area contributed by atoms with E-state index in [0.29, 0.717) is 6.42 Å². The summed E-state index contributed by atoms with van der Waals surface area (Å²) >= 11 is 0. The first-order valence-corrected chi connectivity index (χ1v) is 10.4. The van der Waals surface area contributed by atoms with Crippen molar-refractivity contribution in [1.82, 2.24) is 4.90 Å². The molecule has 2 atom stereocenters. The lowest BCUT2D eigenvalue weighted by Gasteiger charge is -2.30. The number of hydrogen-bond donors (Lipinski definition) is 1. The zero-order valence-corrected chi connectivity index (χ0v) is 17.6. The summed E-state index contributed by atoms with van der Waals surface area (Å²) in [5, 5.41) is 11.8. The molecule has 0 aliphatic carbocycles. The van der Waals surface area contributed by atoms with Crippen molar-refractivity contribution in [2.45, 2.75) is 39.0 Å². The molecule has 0 fully saturated rings. The lowest BCUT2D eigenvalue weighted by Crippen LogP contribution is -2.36. The van der Waals surface area contributed by atoms with Crippen LogP contribution in [-0.4, -0.2) is 29.3 Å². The smallest absolute Gasteiger partial charge is 0.149 e. The van der Waals surface area contributed by atoms with E-state index >= 15 is 0 Å². The molecule has 0 heterocycles. The summed E-state index contributed by atoms with van der Waals surface area (Å²) in [7, 11) is 0. The molecule has 29 heavy (non-hydrogen) atoms. The second-order valence-corrected chi connectivity index (χ2v) is 7.35. The van der Waals surface area contributed by atoms with Gasteiger partial charge in [0.15, 0.2) is 0 Å². The third-order valence-electron chi connectivity index (χ3n) is 5.52. The second kappa shape index (κ2) is 9.73. The molecule has 0 bridgehead atoms. The standard InChI is InChI=1S/C26H31NO2/c1-4-27(5-2)21(3)29-25-18-16-24(17-19-25)26(28,23-14-10-7-11-15-23)20-22-12-8-6-9-13-22/h6-19,21,28H,4-5,20H2,1-3H3. The van der Waals surface area contributed by atoms with Crippen LogP contribution in [0.1, 0.15) is 37.5 Å². The van der Waals surface area contributed by atoms with E-state index in [-0.39, 0.29) is 6.23 Å². The Morgan fingerprint density at radius 1 is 0.793 bits per heavy atom. The van der Waals surface area contributed by atoms with Crippen molar-refractivity contribution in [3.63, 3.8) is 0 Å². The fourth-order valence-electron chi connectivity index (χ4n) is 3.79. The maximum atomic E-state index is 11.8. The van der Waals surface area contributed by atoms with Crippen LogP contribution in [-0.2, 0) is 12.0 Å². The lowest BCUT2D eigenvalue weighted by molar-refractivity contribution is 0.0478. The summed E-state index contributed by atoms with van der Waals surface area (Å²) in [4.78, 5) is 2.25. The van der Waals surface area contributed by atoms with Gasteiger partial charge in [0, 0.05) is 6.42 Å². The van der Waals surface area contributed by atoms with Gasteiger partial charge in [-0.25, -0.2) is 0 Å². The van der Waals surface area contributed by atoms with Crippen LogP contribution < -0.4 is 4.74 Å². The molecule has 0 saturated carbocycles. The average Bonchev–Trinajstić information content (AvgIpc) is 2.76. The number of aliphatic hydroxyl groups is 1. The van der Waals surface area contributed by atoms with Crippen molar-refractivity contribution in [2.24, 2.45) is 0 Å². The maximum Gasteiger partial charge on any atom is 0.149 e. The van der Waals surface area contributed by atoms with Gasteiger partial charge in [0.05, 0.1) is 0 Å². The molecular weight excluding hydrogens is 358 g/mol. The van der Waals surface area contributed by atoms with E-state index in [1.165, 1.54) is 0 Å². The third-order valence-corrected chi connectivity index (χ3v) is 5.52. The molecule has 3 aromatic rings. The Bertz CT molecular complexity index is 860. The molecule has 2 unspecified atom stereocenters. The van der Waals surface area contributed by atoms with Crippen molar-refractivity contribution in [3.8, 4) is 5.75 Å². The fraction of sp³-hybridized carbons (Fsp3) is 0.308. The van der Waals surface area contributed by atoms with Crippen LogP contribution in [0.25, 0.3) is 0 Å². The van der Waals surface area contributed by atoms with E-state index in [1.54, 1.807) is 0 Å². The van der Waals surface area contributed by atoms with Crippen LogP contribution >= 0.6 is 0 Å². The van der Waals surface area contributed by atoms with Gasteiger partial charge in [-0.2, -0.15) is 0 Å². The first-order chi connectivity index (χ1) is 14.1. The molecule has 0 aromatic heterocycles. The van der Waals surface area contributed by atoms with E-state index in [2.05, 4.69) is 37.8 Å². The SMILES string of the molecule is CCN(CC)C(C)Oc1ccc(C(O)(Cc2ccccc2)c2ccccc2)cc1. The highest BCUT2D eigenvalue weighted by molar-refractivity contribution is 5.40. The summed E-state index contributed by atoms with van der Waals surface area (Å²) in [6, 6.07) is 27.8. The van der Waals surface area contributed by atoms with Gasteiger partial charge >= 0.3 is 0 Å². The van der Waals surface area contributed by atoms with Gasteiger partial charge in [0.25, 0.3) is 0 Å². The Balaban J connectivity index is 1.88. The van der Waals surface area contributed by atoms with Crippen molar-refractivity contribution >= 4 is 0 Å². The van der Waals surface area contributed by atoms with Gasteiger partial charge in [-0.3, -0.25) is 4.90 Å². The summed E-state index contributed by atoms with van der Waals surface area (Å²) in [6.45, 7) is 8.23. The van der Waals surface area contributed by atoms with Gasteiger partial charge < -0.3 is 9.84 Å². The van der Waals surface area contributed by atoms with Crippen LogP contribution in [0.5, 0.6) is 5.75 Å². The van der Waals surface area contributed by atoms with Crippen LogP contribution in [0.2, 0.25) is 0 Å². The molecule has 0 aliphatic rings. The molecule has 0 radical (unpaired) electrons. The third kappa shape index (κ3) is 5.06.